The standard InChI is InChI=1S/C28H36N5O8P.C16H25N2O6P.C12H13N5O4.C4H9.CH4.ClH.Mg/c1-4-19(5-2)13-38-27(36)18(3)15-42(37,41-20-9-7-6-8-10-20)39-14-22-24(34)25(35)28(16-29,40-22)23-12-11-21-26(30)31-17-32-33(21)23;1-5-13(6-2)11-23-16(19)12(3)17-25(4,22)24-15-9-7-14(8-10-15)18(20)21;13-4-12(10(20)9(19)7(3-18)21-12)8-2-1-6-11(14)15-5-16-17(6)8;1-4(2)3;;;/h6-12,17-19,22,24-25,34-35H,4-5,13-15H2,1-3H3,(H2,30,31,32);7-10,12-13H,5-6,11H2,1-4H3,(H,17,22);1-2,5,7,9-10,18-20H,3H2,(H2,14,15,16);1-3H3;1H4;1H;/q;;;-1;;;+2/p-1/t18-,22-,24-,25-,28+,42?;12-,25?;7-,9-,10-,12+;;;;/m101..../s1. The van der Waals surface area contributed by atoms with Gasteiger partial charge in [0.2, 0.25) is 11.2 Å². The van der Waals surface area contributed by atoms with Crippen molar-refractivity contribution >= 4 is 78.5 Å². The summed E-state index contributed by atoms with van der Waals surface area (Å²) < 4.78 is 68.0. The molecule has 12 atom stereocenters. The average Bonchev–Trinajstić information content (AvgIpc) is 1.60. The van der Waals surface area contributed by atoms with Gasteiger partial charge in [-0.05, 0) is 67.3 Å². The summed E-state index contributed by atoms with van der Waals surface area (Å²) in [4.78, 5) is 42.6. The second kappa shape index (κ2) is 38.3. The van der Waals surface area contributed by atoms with Gasteiger partial charge >= 0.3 is 50.1 Å². The topological polar surface area (TPSA) is 449 Å². The van der Waals surface area contributed by atoms with E-state index in [-0.39, 0.29) is 102 Å². The summed E-state index contributed by atoms with van der Waals surface area (Å²) in [6.45, 7) is 18.3. The summed E-state index contributed by atoms with van der Waals surface area (Å²) in [7, 11) is -7.41. The van der Waals surface area contributed by atoms with Crippen molar-refractivity contribution < 1.29 is 94.1 Å². The quantitative estimate of drug-likeness (QED) is 0.0101. The molecule has 95 heavy (non-hydrogen) atoms. The average molecular weight is 1400 g/mol. The zero-order valence-corrected chi connectivity index (χ0v) is 58.0. The fourth-order valence-electron chi connectivity index (χ4n) is 9.45. The second-order valence-electron chi connectivity index (χ2n) is 22.4. The molecule has 2 saturated heterocycles. The molecule has 0 saturated carbocycles. The number of aromatic nitrogens is 6. The van der Waals surface area contributed by atoms with Crippen molar-refractivity contribution in [3.8, 4) is 23.6 Å². The van der Waals surface area contributed by atoms with Crippen LogP contribution in [0.25, 0.3) is 11.0 Å². The third-order valence-electron chi connectivity index (χ3n) is 14.8. The number of halogens is 1. The van der Waals surface area contributed by atoms with Crippen LogP contribution in [0.3, 0.4) is 0 Å². The Bertz CT molecular complexity index is 3580. The van der Waals surface area contributed by atoms with Gasteiger partial charge in [0, 0.05) is 18.8 Å². The predicted octanol–water partition coefficient (Wildman–Crippen LogP) is 3.83. The van der Waals surface area contributed by atoms with Gasteiger partial charge in [-0.25, -0.2) is 28.7 Å². The molecule has 4 aromatic heterocycles. The molecule has 0 bridgehead atoms. The molecule has 6 heterocycles. The molecule has 2 unspecified atom stereocenters. The Morgan fingerprint density at radius 1 is 0.747 bits per heavy atom. The number of anilines is 2. The molecule has 30 nitrogen and oxygen atoms in total. The van der Waals surface area contributed by atoms with Crippen LogP contribution < -0.4 is 38.0 Å². The molecule has 8 rings (SSSR count). The van der Waals surface area contributed by atoms with Gasteiger partial charge in [0.05, 0.1) is 54.8 Å². The van der Waals surface area contributed by atoms with Crippen molar-refractivity contribution in [1.82, 2.24) is 34.3 Å². The van der Waals surface area contributed by atoms with Crippen molar-refractivity contribution in [1.29, 1.82) is 10.5 Å². The van der Waals surface area contributed by atoms with Gasteiger partial charge in [-0.3, -0.25) is 28.8 Å². The number of hydrogen-bond donors (Lipinski definition) is 8. The van der Waals surface area contributed by atoms with E-state index in [0.717, 1.165) is 25.7 Å². The maximum Gasteiger partial charge on any atom is 2.00 e. The summed E-state index contributed by atoms with van der Waals surface area (Å²) in [5, 5.41) is 92.2. The SMILES string of the molecule is C.CCC(CC)COC(=O)[C@H](C)CP(=O)(OC[C@H]1O[C@@](C#N)(c2ccc3c(N)ncnn23)[C@H](O)[C@@H]1O)Oc1ccccc1.CCC(CC)COC(=O)[C@H](C)NP(C)(=O)Oc1ccc([N+](=O)[O-])cc1.C[C-](C)C.N#C[C@@]1(c2ccc3c(N)ncnn23)O[C@H](CO)[C@@H](O)[C@H]1O.[Cl-].[Mg+2]. The summed E-state index contributed by atoms with van der Waals surface area (Å²) in [5.41, 5.74) is 8.76. The second-order valence-corrected chi connectivity index (χ2v) is 26.6. The van der Waals surface area contributed by atoms with Crippen LogP contribution in [0.1, 0.15) is 107 Å². The van der Waals surface area contributed by atoms with Crippen molar-refractivity contribution in [2.24, 2.45) is 17.8 Å². The van der Waals surface area contributed by atoms with Gasteiger partial charge in [0.25, 0.3) is 5.69 Å². The van der Waals surface area contributed by atoms with Crippen molar-refractivity contribution in [3.05, 3.63) is 119 Å². The largest absolute Gasteiger partial charge is 2.00 e. The number of aliphatic hydroxyl groups is 5. The van der Waals surface area contributed by atoms with Gasteiger partial charge in [-0.15, -0.1) is 0 Å². The molecule has 0 aliphatic carbocycles. The number of nitrogen functional groups attached to an aromatic ring is 2. The number of nitro groups is 1. The number of carbonyl (C=O) groups excluding carboxylic acids is 2. The van der Waals surface area contributed by atoms with Crippen LogP contribution in [0.4, 0.5) is 17.3 Å². The van der Waals surface area contributed by atoms with E-state index in [4.69, 9.17) is 44.0 Å². The summed E-state index contributed by atoms with van der Waals surface area (Å²) >= 11 is 0. The third-order valence-corrected chi connectivity index (χ3v) is 18.3. The molecule has 2 aliphatic heterocycles. The number of fused-ring (bicyclic) bond motifs is 2. The summed E-state index contributed by atoms with van der Waals surface area (Å²) in [6, 6.07) is 22.7. The molecule has 6 aromatic rings. The number of nitriles is 2. The van der Waals surface area contributed by atoms with Crippen molar-refractivity contribution in [2.75, 3.05) is 50.7 Å². The Morgan fingerprint density at radius 2 is 1.18 bits per heavy atom. The number of nitrogens with two attached hydrogens (primary N) is 2. The minimum Gasteiger partial charge on any atom is -1.00 e. The number of benzene rings is 2. The monoisotopic (exact) mass is 1400 g/mol. The first kappa shape index (κ1) is 84.4. The van der Waals surface area contributed by atoms with Crippen LogP contribution in [0, 0.1) is 56.4 Å². The van der Waals surface area contributed by atoms with Crippen LogP contribution in [-0.2, 0) is 53.4 Å². The van der Waals surface area contributed by atoms with Crippen molar-refractivity contribution in [3.63, 3.8) is 0 Å². The van der Waals surface area contributed by atoms with E-state index in [1.165, 1.54) is 70.7 Å². The smallest absolute Gasteiger partial charge is 1.00 e. The molecule has 34 heteroatoms. The zero-order chi connectivity index (χ0) is 68.3. The van der Waals surface area contributed by atoms with Gasteiger partial charge in [-0.1, -0.05) is 85.9 Å². The number of ether oxygens (including phenoxy) is 4. The first-order valence-electron chi connectivity index (χ1n) is 29.6. The fourth-order valence-corrected chi connectivity index (χ4v) is 12.7. The Hall–Kier alpha value is -6.64. The zero-order valence-electron chi connectivity index (χ0n) is 54.0. The van der Waals surface area contributed by atoms with E-state index in [1.807, 2.05) is 39.8 Å². The van der Waals surface area contributed by atoms with Crippen LogP contribution in [0.5, 0.6) is 11.5 Å². The molecule has 10 N–H and O–H groups in total. The molecule has 2 fully saturated rings. The number of nitrogens with one attached hydrogen (secondary N) is 1. The van der Waals surface area contributed by atoms with Crippen LogP contribution in [-0.4, -0.2) is 177 Å². The van der Waals surface area contributed by atoms with Gasteiger partial charge in [-0.2, -0.15) is 41.5 Å². The minimum absolute atomic E-state index is 0. The molecule has 518 valence electrons. The number of non-ortho nitro benzene ring substituents is 1. The molecule has 2 aliphatic rings. The van der Waals surface area contributed by atoms with Gasteiger partial charge < -0.3 is 83.3 Å². The normalized spacial score (nSPS) is 22.1. The summed E-state index contributed by atoms with van der Waals surface area (Å²) in [5.74, 6) is 0.862. The third kappa shape index (κ3) is 21.7. The maximum atomic E-state index is 14.0. The number of hydrogen-bond acceptors (Lipinski definition) is 26. The van der Waals surface area contributed by atoms with Gasteiger partial charge in [0.1, 0.15) is 90.0 Å². The van der Waals surface area contributed by atoms with E-state index in [1.54, 1.807) is 56.3 Å². The molecular formula is C61H87ClMgN12O18P2. The van der Waals surface area contributed by atoms with Crippen LogP contribution in [0.2, 0.25) is 0 Å². The molecular weight excluding hydrogens is 1310 g/mol. The van der Waals surface area contributed by atoms with Gasteiger partial charge in [0.15, 0.2) is 11.6 Å². The Morgan fingerprint density at radius 3 is 1.60 bits per heavy atom. The van der Waals surface area contributed by atoms with E-state index < -0.39 is 105 Å². The summed E-state index contributed by atoms with van der Waals surface area (Å²) in [6.07, 6.45) is -3.00. The number of nitro benzene ring substituents is 1. The Labute approximate surface area is 574 Å². The molecule has 0 spiro atoms. The molecule has 2 aromatic carbocycles. The van der Waals surface area contributed by atoms with E-state index in [9.17, 15) is 64.9 Å². The van der Waals surface area contributed by atoms with E-state index in [0.29, 0.717) is 23.6 Å². The number of rotatable bonds is 25. The predicted molar refractivity (Wildman–Crippen MR) is 348 cm³/mol. The Balaban J connectivity index is 0.000000496. The molecule has 0 amide bonds. The number of nitrogens with zero attached hydrogens (tertiary/aromatic N) is 9. The van der Waals surface area contributed by atoms with Crippen molar-refractivity contribution in [2.45, 2.75) is 149 Å². The minimum atomic E-state index is -4.07. The van der Waals surface area contributed by atoms with Crippen LogP contribution in [0.15, 0.2) is 91.5 Å². The van der Waals surface area contributed by atoms with E-state index in [2.05, 4.69) is 46.0 Å². The maximum absolute atomic E-state index is 14.0. The number of aliphatic hydroxyl groups excluding tert-OH is 5. The Kier molecular flexibility index (Phi) is 34.1. The van der Waals surface area contributed by atoms with Crippen LogP contribution >= 0.6 is 15.1 Å². The fraction of sp³-hybridized carbons (Fsp3) is 0.525. The molecule has 0 radical (unpaired) electrons. The number of para-hydroxylation sites is 1. The van der Waals surface area contributed by atoms with E-state index >= 15 is 0 Å². The first-order valence-corrected chi connectivity index (χ1v) is 33.4. The first-order chi connectivity index (χ1) is 43.5. The number of carbonyl (C=O) groups is 2. The number of esters is 2.